The molecule has 0 radical (unpaired) electrons. The first-order chi connectivity index (χ1) is 10.2. The van der Waals surface area contributed by atoms with Crippen molar-refractivity contribution < 1.29 is 13.9 Å². The zero-order chi connectivity index (χ0) is 15.1. The van der Waals surface area contributed by atoms with E-state index < -0.39 is 5.97 Å². The van der Waals surface area contributed by atoms with Gasteiger partial charge in [-0.3, -0.25) is 0 Å². The molecule has 0 heterocycles. The minimum absolute atomic E-state index is 0.231. The van der Waals surface area contributed by atoms with Crippen molar-refractivity contribution in [3.05, 3.63) is 90.0 Å². The van der Waals surface area contributed by atoms with E-state index in [1.54, 1.807) is 18.2 Å². The molecule has 0 unspecified atom stereocenters. The number of hydrogen-bond acceptors (Lipinski definition) is 2. The Morgan fingerprint density at radius 1 is 1.05 bits per heavy atom. The average molecular weight is 282 g/mol. The molecular weight excluding hydrogens is 267 g/mol. The minimum atomic E-state index is -0.458. The Kier molecular flexibility index (Phi) is 5.04. The highest BCUT2D eigenvalue weighted by atomic mass is 19.1. The number of ether oxygens (including phenoxy) is 1. The van der Waals surface area contributed by atoms with Gasteiger partial charge in [-0.2, -0.15) is 0 Å². The monoisotopic (exact) mass is 282 g/mol. The Bertz CT molecular complexity index is 640. The van der Waals surface area contributed by atoms with Crippen molar-refractivity contribution >= 4 is 12.0 Å². The van der Waals surface area contributed by atoms with E-state index in [9.17, 15) is 9.18 Å². The first-order valence-corrected chi connectivity index (χ1v) is 6.50. The largest absolute Gasteiger partial charge is 0.432 e. The molecule has 21 heavy (non-hydrogen) atoms. The molecule has 0 aliphatic rings. The zero-order valence-corrected chi connectivity index (χ0v) is 11.5. The number of esters is 1. The maximum Gasteiger partial charge on any atom is 0.335 e. The fourth-order valence-electron chi connectivity index (χ4n) is 1.87. The summed E-state index contributed by atoms with van der Waals surface area (Å²) >= 11 is 0. The van der Waals surface area contributed by atoms with Gasteiger partial charge in [-0.25, -0.2) is 9.18 Å². The summed E-state index contributed by atoms with van der Waals surface area (Å²) in [5.74, 6) is -0.689. The first kappa shape index (κ1) is 14.7. The van der Waals surface area contributed by atoms with Gasteiger partial charge in [0.05, 0.1) is 6.26 Å². The summed E-state index contributed by atoms with van der Waals surface area (Å²) in [6.45, 7) is 3.31. The number of rotatable bonds is 5. The van der Waals surface area contributed by atoms with Gasteiger partial charge in [0.25, 0.3) is 0 Å². The van der Waals surface area contributed by atoms with Gasteiger partial charge >= 0.3 is 5.97 Å². The zero-order valence-electron chi connectivity index (χ0n) is 11.5. The molecule has 0 saturated heterocycles. The molecule has 3 heteroatoms. The van der Waals surface area contributed by atoms with Crippen LogP contribution in [0.15, 0.2) is 67.4 Å². The molecule has 0 aliphatic heterocycles. The highest BCUT2D eigenvalue weighted by molar-refractivity contribution is 5.87. The van der Waals surface area contributed by atoms with Crippen LogP contribution < -0.4 is 0 Å². The van der Waals surface area contributed by atoms with Gasteiger partial charge in [0.2, 0.25) is 0 Å². The maximum absolute atomic E-state index is 12.8. The molecule has 0 aliphatic carbocycles. The highest BCUT2D eigenvalue weighted by Crippen LogP contribution is 2.12. The van der Waals surface area contributed by atoms with Gasteiger partial charge in [-0.15, -0.1) is 0 Å². The number of carbonyl (C=O) groups is 1. The Morgan fingerprint density at radius 3 is 2.19 bits per heavy atom. The second kappa shape index (κ2) is 7.20. The summed E-state index contributed by atoms with van der Waals surface area (Å²) in [6.07, 6.45) is 4.85. The highest BCUT2D eigenvalue weighted by Gasteiger charge is 1.98. The first-order valence-electron chi connectivity index (χ1n) is 6.50. The Morgan fingerprint density at radius 2 is 1.62 bits per heavy atom. The van der Waals surface area contributed by atoms with Crippen LogP contribution in [-0.2, 0) is 16.0 Å². The predicted molar refractivity (Wildman–Crippen MR) is 81.0 cm³/mol. The third kappa shape index (κ3) is 4.73. The number of halogens is 1. The third-order valence-corrected chi connectivity index (χ3v) is 2.91. The van der Waals surface area contributed by atoms with Crippen molar-refractivity contribution in [2.75, 3.05) is 0 Å². The second-order valence-corrected chi connectivity index (χ2v) is 4.48. The van der Waals surface area contributed by atoms with Gasteiger partial charge in [0.1, 0.15) is 5.82 Å². The Balaban J connectivity index is 2.00. The fraction of sp³-hybridized carbons (Fsp3) is 0.0556. The lowest BCUT2D eigenvalue weighted by molar-refractivity contribution is -0.132. The van der Waals surface area contributed by atoms with Crippen molar-refractivity contribution in [1.82, 2.24) is 0 Å². The van der Waals surface area contributed by atoms with E-state index in [0.717, 1.165) is 29.4 Å². The Labute approximate surface area is 123 Å². The van der Waals surface area contributed by atoms with E-state index in [-0.39, 0.29) is 5.82 Å². The molecule has 0 spiro atoms. The van der Waals surface area contributed by atoms with E-state index in [0.29, 0.717) is 0 Å². The van der Waals surface area contributed by atoms with E-state index in [1.165, 1.54) is 18.2 Å². The third-order valence-electron chi connectivity index (χ3n) is 2.91. The normalized spacial score (nSPS) is 10.5. The predicted octanol–water partition coefficient (Wildman–Crippen LogP) is 4.12. The maximum atomic E-state index is 12.8. The molecule has 2 aromatic rings. The molecule has 0 fully saturated rings. The average Bonchev–Trinajstić information content (AvgIpc) is 2.49. The van der Waals surface area contributed by atoms with Crippen LogP contribution in [0.25, 0.3) is 6.08 Å². The minimum Gasteiger partial charge on any atom is -0.432 e. The van der Waals surface area contributed by atoms with Crippen LogP contribution in [0, 0.1) is 5.82 Å². The molecule has 0 amide bonds. The summed E-state index contributed by atoms with van der Waals surface area (Å²) in [5, 5.41) is 0. The van der Waals surface area contributed by atoms with Gasteiger partial charge in [0.15, 0.2) is 0 Å². The summed E-state index contributed by atoms with van der Waals surface area (Å²) in [5.41, 5.74) is 3.07. The van der Waals surface area contributed by atoms with Crippen LogP contribution >= 0.6 is 0 Å². The molecule has 0 atom stereocenters. The van der Waals surface area contributed by atoms with Crippen LogP contribution in [0.4, 0.5) is 4.39 Å². The molecule has 2 rings (SSSR count). The molecule has 0 bridgehead atoms. The van der Waals surface area contributed by atoms with Gasteiger partial charge in [0, 0.05) is 6.08 Å². The van der Waals surface area contributed by atoms with E-state index in [2.05, 4.69) is 11.3 Å². The van der Waals surface area contributed by atoms with Crippen LogP contribution in [0.5, 0.6) is 0 Å². The molecule has 2 aromatic carbocycles. The topological polar surface area (TPSA) is 26.3 Å². The number of benzene rings is 2. The lowest BCUT2D eigenvalue weighted by Crippen LogP contribution is -1.92. The van der Waals surface area contributed by atoms with Gasteiger partial charge in [-0.1, -0.05) is 43.0 Å². The van der Waals surface area contributed by atoms with Crippen LogP contribution in [0.2, 0.25) is 0 Å². The summed E-state index contributed by atoms with van der Waals surface area (Å²) in [7, 11) is 0. The summed E-state index contributed by atoms with van der Waals surface area (Å²) < 4.78 is 17.4. The van der Waals surface area contributed by atoms with Gasteiger partial charge < -0.3 is 4.74 Å². The van der Waals surface area contributed by atoms with Crippen molar-refractivity contribution in [1.29, 1.82) is 0 Å². The molecule has 0 saturated carbocycles. The molecule has 0 aromatic heterocycles. The molecular formula is C18H15FO2. The van der Waals surface area contributed by atoms with E-state index in [4.69, 9.17) is 0 Å². The van der Waals surface area contributed by atoms with E-state index in [1.807, 2.05) is 24.3 Å². The van der Waals surface area contributed by atoms with Crippen molar-refractivity contribution in [3.8, 4) is 0 Å². The quantitative estimate of drug-likeness (QED) is 0.468. The fourth-order valence-corrected chi connectivity index (χ4v) is 1.87. The second-order valence-electron chi connectivity index (χ2n) is 4.48. The molecule has 0 N–H and O–H groups in total. The standard InChI is InChI=1S/C18H15FO2/c1-2-21-18(20)12-9-14-3-5-15(6-4-14)13-16-7-10-17(19)11-8-16/h2-12H,1,13H2. The Hall–Kier alpha value is -2.68. The van der Waals surface area contributed by atoms with E-state index >= 15 is 0 Å². The number of carbonyl (C=O) groups excluding carboxylic acids is 1. The lowest BCUT2D eigenvalue weighted by Gasteiger charge is -2.02. The summed E-state index contributed by atoms with van der Waals surface area (Å²) in [4.78, 5) is 11.1. The SMILES string of the molecule is C=COC(=O)C=Cc1ccc(Cc2ccc(F)cc2)cc1. The van der Waals surface area contributed by atoms with Crippen molar-refractivity contribution in [2.45, 2.75) is 6.42 Å². The molecule has 2 nitrogen and oxygen atoms in total. The van der Waals surface area contributed by atoms with Crippen LogP contribution in [0.3, 0.4) is 0 Å². The van der Waals surface area contributed by atoms with Crippen molar-refractivity contribution in [3.63, 3.8) is 0 Å². The van der Waals surface area contributed by atoms with Crippen molar-refractivity contribution in [2.24, 2.45) is 0 Å². The number of hydrogen-bond donors (Lipinski definition) is 0. The van der Waals surface area contributed by atoms with Gasteiger partial charge in [-0.05, 0) is 41.3 Å². The summed E-state index contributed by atoms with van der Waals surface area (Å²) in [6, 6.07) is 14.2. The smallest absolute Gasteiger partial charge is 0.335 e. The van der Waals surface area contributed by atoms with Crippen LogP contribution in [-0.4, -0.2) is 5.97 Å². The lowest BCUT2D eigenvalue weighted by atomic mass is 10.0. The molecule has 106 valence electrons. The van der Waals surface area contributed by atoms with Crippen LogP contribution in [0.1, 0.15) is 16.7 Å².